The van der Waals surface area contributed by atoms with Gasteiger partial charge in [0.05, 0.1) is 30.1 Å². The van der Waals surface area contributed by atoms with Crippen molar-refractivity contribution in [3.63, 3.8) is 0 Å². The Hall–Kier alpha value is -4.24. The monoisotopic (exact) mass is 589 g/mol. The lowest BCUT2D eigenvalue weighted by Crippen LogP contribution is -2.51. The van der Waals surface area contributed by atoms with Crippen LogP contribution in [0.3, 0.4) is 0 Å². The zero-order chi connectivity index (χ0) is 31.5. The van der Waals surface area contributed by atoms with Crippen molar-refractivity contribution in [2.24, 2.45) is 0 Å². The van der Waals surface area contributed by atoms with Crippen molar-refractivity contribution >= 4 is 29.3 Å². The smallest absolute Gasteiger partial charge is 0.331 e. The normalized spacial score (nSPS) is 14.4. The van der Waals surface area contributed by atoms with Crippen LogP contribution in [0.1, 0.15) is 73.5 Å². The first-order valence-corrected chi connectivity index (χ1v) is 14.4. The molecule has 3 N–H and O–H groups in total. The molecule has 9 heteroatoms. The van der Waals surface area contributed by atoms with E-state index in [1.165, 1.54) is 43.7 Å². The zero-order valence-electron chi connectivity index (χ0n) is 25.8. The summed E-state index contributed by atoms with van der Waals surface area (Å²) in [4.78, 5) is 39.6. The van der Waals surface area contributed by atoms with Gasteiger partial charge >= 0.3 is 12.0 Å². The first-order valence-electron chi connectivity index (χ1n) is 14.4. The number of nitrogens with one attached hydrogen (secondary N) is 3. The third kappa shape index (κ3) is 8.20. The average molecular weight is 590 g/mol. The molecule has 43 heavy (non-hydrogen) atoms. The molecule has 0 bridgehead atoms. The van der Waals surface area contributed by atoms with Crippen LogP contribution in [0.2, 0.25) is 0 Å². The number of hydrogen-bond donors (Lipinski definition) is 3. The van der Waals surface area contributed by atoms with E-state index < -0.39 is 41.5 Å². The molecule has 0 aromatic heterocycles. The first-order chi connectivity index (χ1) is 20.3. The topological polar surface area (TPSA) is 106 Å². The Kier molecular flexibility index (Phi) is 9.55. The van der Waals surface area contributed by atoms with Gasteiger partial charge in [-0.05, 0) is 112 Å². The molecule has 0 heterocycles. The minimum absolute atomic E-state index is 0.102. The summed E-state index contributed by atoms with van der Waals surface area (Å²) in [5.74, 6) is -1.13. The summed E-state index contributed by atoms with van der Waals surface area (Å²) in [5, 5.41) is 8.43. The van der Waals surface area contributed by atoms with Crippen LogP contribution < -0.4 is 16.0 Å². The molecule has 0 spiro atoms. The fourth-order valence-electron chi connectivity index (χ4n) is 5.15. The summed E-state index contributed by atoms with van der Waals surface area (Å²) >= 11 is 0. The van der Waals surface area contributed by atoms with Crippen molar-refractivity contribution in [2.75, 3.05) is 17.7 Å². The van der Waals surface area contributed by atoms with Gasteiger partial charge in [-0.15, -0.1) is 0 Å². The second-order valence-corrected chi connectivity index (χ2v) is 12.1. The summed E-state index contributed by atoms with van der Waals surface area (Å²) < 4.78 is 24.9. The molecule has 8 nitrogen and oxygen atoms in total. The van der Waals surface area contributed by atoms with Crippen LogP contribution in [0.4, 0.5) is 20.6 Å². The van der Waals surface area contributed by atoms with E-state index in [-0.39, 0.29) is 11.3 Å². The van der Waals surface area contributed by atoms with E-state index in [1.54, 1.807) is 31.2 Å². The van der Waals surface area contributed by atoms with Gasteiger partial charge in [0.2, 0.25) is 0 Å². The number of rotatable bonds is 9. The van der Waals surface area contributed by atoms with Gasteiger partial charge in [-0.2, -0.15) is 0 Å². The molecule has 1 unspecified atom stereocenters. The lowest BCUT2D eigenvalue weighted by Gasteiger charge is -2.30. The van der Waals surface area contributed by atoms with Crippen LogP contribution in [-0.4, -0.2) is 42.8 Å². The summed E-state index contributed by atoms with van der Waals surface area (Å²) in [7, 11) is 1.23. The molecule has 4 rings (SSSR count). The number of esters is 1. The molecule has 3 aromatic carbocycles. The largest absolute Gasteiger partial charge is 0.467 e. The molecular weight excluding hydrogens is 549 g/mol. The van der Waals surface area contributed by atoms with Gasteiger partial charge in [-0.25, -0.2) is 14.0 Å². The Bertz CT molecular complexity index is 1500. The van der Waals surface area contributed by atoms with Crippen molar-refractivity contribution in [3.8, 4) is 11.1 Å². The molecule has 0 saturated heterocycles. The van der Waals surface area contributed by atoms with Crippen molar-refractivity contribution < 1.29 is 28.2 Å². The number of carbonyl (C=O) groups excluding carboxylic acids is 3. The van der Waals surface area contributed by atoms with Crippen LogP contribution in [0.15, 0.2) is 54.6 Å². The summed E-state index contributed by atoms with van der Waals surface area (Å²) in [6, 6.07) is 13.3. The number of urea groups is 1. The molecule has 1 fully saturated rings. The number of hydrogen-bond acceptors (Lipinski definition) is 5. The van der Waals surface area contributed by atoms with E-state index in [9.17, 15) is 18.8 Å². The predicted octanol–water partition coefficient (Wildman–Crippen LogP) is 7.11. The number of aryl methyl sites for hydroxylation is 2. The van der Waals surface area contributed by atoms with E-state index in [0.717, 1.165) is 11.1 Å². The fourth-order valence-corrected chi connectivity index (χ4v) is 5.15. The maximum Gasteiger partial charge on any atom is 0.331 e. The first kappa shape index (κ1) is 31.7. The highest BCUT2D eigenvalue weighted by Gasteiger charge is 2.32. The highest BCUT2D eigenvalue weighted by atomic mass is 19.1. The molecule has 3 amide bonds. The van der Waals surface area contributed by atoms with E-state index in [2.05, 4.69) is 28.1 Å². The average Bonchev–Trinajstić information content (AvgIpc) is 3.78. The number of carbonyl (C=O) groups is 3. The quantitative estimate of drug-likeness (QED) is 0.231. The standard InChI is InChI=1S/C34H40FN3O5/c1-19-15-25(22-11-12-22)16-20(2)29(19)38-33(41)36-28-18-24(23-9-8-10-26(35)17-23)13-14-27(28)31(39)37-30(32(40)42-7)21(3)43-34(4,5)6/h8-10,13-18,21-22,30H,11-12H2,1-7H3,(H,37,39)(H2,36,38,41)/t21?,30-/m0/s1. The van der Waals surface area contributed by atoms with Gasteiger partial charge in [0.15, 0.2) is 6.04 Å². The van der Waals surface area contributed by atoms with Crippen molar-refractivity contribution in [1.29, 1.82) is 0 Å². The third-order valence-electron chi connectivity index (χ3n) is 7.26. The third-order valence-corrected chi connectivity index (χ3v) is 7.26. The van der Waals surface area contributed by atoms with Gasteiger partial charge in [0, 0.05) is 5.69 Å². The van der Waals surface area contributed by atoms with Crippen LogP contribution in [0.25, 0.3) is 11.1 Å². The van der Waals surface area contributed by atoms with Gasteiger partial charge in [-0.1, -0.05) is 30.3 Å². The number of methoxy groups -OCH3 is 1. The lowest BCUT2D eigenvalue weighted by molar-refractivity contribution is -0.150. The summed E-state index contributed by atoms with van der Waals surface area (Å²) in [6.07, 6.45) is 1.64. The molecule has 1 aliphatic rings. The second-order valence-electron chi connectivity index (χ2n) is 12.1. The summed E-state index contributed by atoms with van der Waals surface area (Å²) in [5.41, 5.74) is 4.69. The lowest BCUT2D eigenvalue weighted by atomic mass is 10.0. The van der Waals surface area contributed by atoms with Crippen molar-refractivity contribution in [1.82, 2.24) is 5.32 Å². The van der Waals surface area contributed by atoms with Gasteiger partial charge < -0.3 is 25.4 Å². The SMILES string of the molecule is COC(=O)[C@@H](NC(=O)c1ccc(-c2cccc(F)c2)cc1NC(=O)Nc1c(C)cc(C2CC2)cc1C)C(C)OC(C)(C)C. The fraction of sp³-hybridized carbons (Fsp3) is 0.382. The number of ether oxygens (including phenoxy) is 2. The second kappa shape index (κ2) is 13.0. The molecule has 0 radical (unpaired) electrons. The maximum atomic E-state index is 14.0. The number of benzene rings is 3. The molecule has 228 valence electrons. The number of amides is 3. The van der Waals surface area contributed by atoms with Crippen LogP contribution in [0.5, 0.6) is 0 Å². The number of anilines is 2. The van der Waals surface area contributed by atoms with Crippen LogP contribution in [0, 0.1) is 19.7 Å². The Morgan fingerprint density at radius 1 is 0.930 bits per heavy atom. The minimum atomic E-state index is -1.11. The Morgan fingerprint density at radius 2 is 1.58 bits per heavy atom. The van der Waals surface area contributed by atoms with E-state index in [0.29, 0.717) is 22.7 Å². The predicted molar refractivity (Wildman–Crippen MR) is 166 cm³/mol. The minimum Gasteiger partial charge on any atom is -0.467 e. The van der Waals surface area contributed by atoms with Gasteiger partial charge in [0.25, 0.3) is 5.91 Å². The zero-order valence-corrected chi connectivity index (χ0v) is 25.8. The molecule has 1 saturated carbocycles. The van der Waals surface area contributed by atoms with E-state index in [4.69, 9.17) is 9.47 Å². The maximum absolute atomic E-state index is 14.0. The Labute approximate surface area is 252 Å². The molecular formula is C34H40FN3O5. The van der Waals surface area contributed by atoms with E-state index in [1.807, 2.05) is 34.6 Å². The molecule has 2 atom stereocenters. The highest BCUT2D eigenvalue weighted by molar-refractivity contribution is 6.08. The molecule has 1 aliphatic carbocycles. The summed E-state index contributed by atoms with van der Waals surface area (Å²) in [6.45, 7) is 11.1. The van der Waals surface area contributed by atoms with Crippen LogP contribution in [-0.2, 0) is 14.3 Å². The van der Waals surface area contributed by atoms with Crippen molar-refractivity contribution in [2.45, 2.75) is 78.0 Å². The van der Waals surface area contributed by atoms with Crippen LogP contribution >= 0.6 is 0 Å². The number of halogens is 1. The molecule has 3 aromatic rings. The van der Waals surface area contributed by atoms with Gasteiger partial charge in [0.1, 0.15) is 5.82 Å². The molecule has 0 aliphatic heterocycles. The Morgan fingerprint density at radius 3 is 2.16 bits per heavy atom. The van der Waals surface area contributed by atoms with Gasteiger partial charge in [-0.3, -0.25) is 4.79 Å². The highest BCUT2D eigenvalue weighted by Crippen LogP contribution is 2.42. The Balaban J connectivity index is 1.65. The van der Waals surface area contributed by atoms with Crippen molar-refractivity contribution in [3.05, 3.63) is 82.7 Å². The van der Waals surface area contributed by atoms with E-state index >= 15 is 0 Å².